The number of likely N-dealkylation sites (tertiary alicyclic amines) is 1. The summed E-state index contributed by atoms with van der Waals surface area (Å²) in [6.07, 6.45) is 3.34. The Labute approximate surface area is 145 Å². The summed E-state index contributed by atoms with van der Waals surface area (Å²) in [7, 11) is 0. The Morgan fingerprint density at radius 3 is 2.76 bits per heavy atom. The van der Waals surface area contributed by atoms with Crippen LogP contribution in [0.1, 0.15) is 19.3 Å². The van der Waals surface area contributed by atoms with Crippen molar-refractivity contribution in [3.63, 3.8) is 0 Å². The molecular formula is C19H22N2O4. The summed E-state index contributed by atoms with van der Waals surface area (Å²) >= 11 is 0. The first-order valence-electron chi connectivity index (χ1n) is 8.79. The van der Waals surface area contributed by atoms with Crippen molar-refractivity contribution in [2.24, 2.45) is 5.41 Å². The molecule has 132 valence electrons. The standard InChI is InChI=1S/C19H22N2O4/c22-17(21-9-6-19(7-10-21)5-8-20-13-19)12-24-15-3-1-14-2-4-18(23)25-16(14)11-15/h1-4,11,20H,5-10,12-13H2. The van der Waals surface area contributed by atoms with Crippen molar-refractivity contribution < 1.29 is 13.9 Å². The van der Waals surface area contributed by atoms with Crippen molar-refractivity contribution in [3.8, 4) is 5.75 Å². The third-order valence-electron chi connectivity index (χ3n) is 5.47. The van der Waals surface area contributed by atoms with Gasteiger partial charge in [0.1, 0.15) is 11.3 Å². The van der Waals surface area contributed by atoms with E-state index in [2.05, 4.69) is 5.32 Å². The molecule has 1 spiro atoms. The molecule has 2 aromatic rings. The first kappa shape index (κ1) is 16.1. The van der Waals surface area contributed by atoms with Crippen molar-refractivity contribution in [1.29, 1.82) is 0 Å². The van der Waals surface area contributed by atoms with Gasteiger partial charge in [0.25, 0.3) is 5.91 Å². The van der Waals surface area contributed by atoms with Crippen molar-refractivity contribution in [1.82, 2.24) is 10.2 Å². The Hall–Kier alpha value is -2.34. The molecule has 6 nitrogen and oxygen atoms in total. The Balaban J connectivity index is 1.35. The van der Waals surface area contributed by atoms with Gasteiger partial charge in [0.15, 0.2) is 6.61 Å². The second kappa shape index (κ2) is 6.52. The highest BCUT2D eigenvalue weighted by Gasteiger charge is 2.37. The number of nitrogens with zero attached hydrogens (tertiary/aromatic N) is 1. The molecule has 3 heterocycles. The van der Waals surface area contributed by atoms with Gasteiger partial charge >= 0.3 is 5.63 Å². The summed E-state index contributed by atoms with van der Waals surface area (Å²) in [5.74, 6) is 0.541. The van der Waals surface area contributed by atoms with Gasteiger partial charge in [-0.2, -0.15) is 0 Å². The maximum Gasteiger partial charge on any atom is 0.336 e. The second-order valence-electron chi connectivity index (χ2n) is 7.05. The van der Waals surface area contributed by atoms with Gasteiger partial charge in [-0.3, -0.25) is 4.79 Å². The van der Waals surface area contributed by atoms with Crippen molar-refractivity contribution in [2.75, 3.05) is 32.8 Å². The van der Waals surface area contributed by atoms with Crippen LogP contribution < -0.4 is 15.7 Å². The minimum atomic E-state index is -0.399. The fourth-order valence-corrected chi connectivity index (χ4v) is 3.82. The molecule has 2 fully saturated rings. The zero-order valence-corrected chi connectivity index (χ0v) is 14.1. The third kappa shape index (κ3) is 3.39. The minimum absolute atomic E-state index is 0.00776. The first-order valence-corrected chi connectivity index (χ1v) is 8.79. The minimum Gasteiger partial charge on any atom is -0.484 e. The molecule has 0 saturated carbocycles. The number of carbonyl (C=O) groups is 1. The highest BCUT2D eigenvalue weighted by atomic mass is 16.5. The summed E-state index contributed by atoms with van der Waals surface area (Å²) in [6, 6.07) is 8.34. The smallest absolute Gasteiger partial charge is 0.336 e. The molecule has 6 heteroatoms. The highest BCUT2D eigenvalue weighted by Crippen LogP contribution is 2.36. The number of fused-ring (bicyclic) bond motifs is 1. The van der Waals surface area contributed by atoms with Crippen LogP contribution in [0, 0.1) is 5.41 Å². The lowest BCUT2D eigenvalue weighted by Crippen LogP contribution is -2.45. The molecule has 25 heavy (non-hydrogen) atoms. The summed E-state index contributed by atoms with van der Waals surface area (Å²) in [5.41, 5.74) is 0.462. The molecule has 0 bridgehead atoms. The first-order chi connectivity index (χ1) is 12.1. The molecular weight excluding hydrogens is 320 g/mol. The molecule has 2 aliphatic rings. The lowest BCUT2D eigenvalue weighted by Gasteiger charge is -2.38. The van der Waals surface area contributed by atoms with Gasteiger partial charge in [-0.05, 0) is 49.4 Å². The predicted molar refractivity (Wildman–Crippen MR) is 93.7 cm³/mol. The zero-order chi connectivity index (χ0) is 17.3. The van der Waals surface area contributed by atoms with Gasteiger partial charge in [-0.25, -0.2) is 4.79 Å². The molecule has 0 aliphatic carbocycles. The summed E-state index contributed by atoms with van der Waals surface area (Å²) in [5, 5.41) is 4.26. The van der Waals surface area contributed by atoms with Crippen LogP contribution in [0.25, 0.3) is 11.0 Å². The summed E-state index contributed by atoms with van der Waals surface area (Å²) in [4.78, 5) is 25.6. The summed E-state index contributed by atoms with van der Waals surface area (Å²) < 4.78 is 10.8. The maximum absolute atomic E-state index is 12.4. The molecule has 1 amide bonds. The number of carbonyl (C=O) groups excluding carboxylic acids is 1. The van der Waals surface area contributed by atoms with E-state index < -0.39 is 5.63 Å². The average molecular weight is 342 g/mol. The Morgan fingerprint density at radius 2 is 2.00 bits per heavy atom. The molecule has 2 saturated heterocycles. The van der Waals surface area contributed by atoms with Gasteiger partial charge in [0, 0.05) is 37.2 Å². The van der Waals surface area contributed by atoms with Crippen LogP contribution in [0.2, 0.25) is 0 Å². The van der Waals surface area contributed by atoms with Gasteiger partial charge < -0.3 is 19.4 Å². The number of hydrogen-bond donors (Lipinski definition) is 1. The summed E-state index contributed by atoms with van der Waals surface area (Å²) in [6.45, 7) is 3.78. The molecule has 0 radical (unpaired) electrons. The van der Waals surface area contributed by atoms with Crippen LogP contribution in [0.3, 0.4) is 0 Å². The van der Waals surface area contributed by atoms with E-state index in [0.717, 1.165) is 44.4 Å². The largest absolute Gasteiger partial charge is 0.484 e. The SMILES string of the molecule is O=C(COc1ccc2ccc(=O)oc2c1)N1CCC2(CCNC2)CC1. The molecule has 0 atom stereocenters. The number of rotatable bonds is 3. The van der Waals surface area contributed by atoms with Crippen molar-refractivity contribution >= 4 is 16.9 Å². The van der Waals surface area contributed by atoms with Crippen molar-refractivity contribution in [3.05, 3.63) is 40.8 Å². The quantitative estimate of drug-likeness (QED) is 0.861. The molecule has 1 N–H and O–H groups in total. The monoisotopic (exact) mass is 342 g/mol. The van der Waals surface area contributed by atoms with Crippen LogP contribution in [0.5, 0.6) is 5.75 Å². The Morgan fingerprint density at radius 1 is 1.20 bits per heavy atom. The lowest BCUT2D eigenvalue weighted by molar-refractivity contribution is -0.135. The molecule has 1 aromatic carbocycles. The van der Waals surface area contributed by atoms with E-state index in [1.807, 2.05) is 11.0 Å². The molecule has 1 aromatic heterocycles. The van der Waals surface area contributed by atoms with Crippen molar-refractivity contribution in [2.45, 2.75) is 19.3 Å². The number of benzene rings is 1. The molecule has 0 unspecified atom stereocenters. The van der Waals surface area contributed by atoms with E-state index >= 15 is 0 Å². The Kier molecular flexibility index (Phi) is 4.21. The number of piperidine rings is 1. The van der Waals surface area contributed by atoms with Gasteiger partial charge in [0.05, 0.1) is 0 Å². The number of nitrogens with one attached hydrogen (secondary N) is 1. The average Bonchev–Trinajstić information content (AvgIpc) is 3.08. The van der Waals surface area contributed by atoms with E-state index in [9.17, 15) is 9.59 Å². The van der Waals surface area contributed by atoms with E-state index in [1.54, 1.807) is 18.2 Å². The number of ether oxygens (including phenoxy) is 1. The predicted octanol–water partition coefficient (Wildman–Crippen LogP) is 1.77. The molecule has 4 rings (SSSR count). The third-order valence-corrected chi connectivity index (χ3v) is 5.47. The van der Waals surface area contributed by atoms with Crippen LogP contribution in [-0.4, -0.2) is 43.6 Å². The van der Waals surface area contributed by atoms with E-state index in [4.69, 9.17) is 9.15 Å². The van der Waals surface area contributed by atoms with Crippen LogP contribution in [0.4, 0.5) is 0 Å². The van der Waals surface area contributed by atoms with Gasteiger partial charge in [0.2, 0.25) is 0 Å². The zero-order valence-electron chi connectivity index (χ0n) is 14.1. The Bertz CT molecular complexity index is 829. The lowest BCUT2D eigenvalue weighted by atomic mass is 9.78. The highest BCUT2D eigenvalue weighted by molar-refractivity contribution is 5.79. The molecule has 2 aliphatic heterocycles. The topological polar surface area (TPSA) is 71.8 Å². The maximum atomic E-state index is 12.4. The fraction of sp³-hybridized carbons (Fsp3) is 0.474. The second-order valence-corrected chi connectivity index (χ2v) is 7.05. The van der Waals surface area contributed by atoms with Gasteiger partial charge in [-0.1, -0.05) is 0 Å². The number of hydrogen-bond acceptors (Lipinski definition) is 5. The van der Waals surface area contributed by atoms with E-state index in [0.29, 0.717) is 16.7 Å². The van der Waals surface area contributed by atoms with Crippen LogP contribution in [0.15, 0.2) is 39.5 Å². The van der Waals surface area contributed by atoms with E-state index in [-0.39, 0.29) is 12.5 Å². The van der Waals surface area contributed by atoms with Crippen LogP contribution in [-0.2, 0) is 4.79 Å². The van der Waals surface area contributed by atoms with Crippen LogP contribution >= 0.6 is 0 Å². The van der Waals surface area contributed by atoms with Gasteiger partial charge in [-0.15, -0.1) is 0 Å². The normalized spacial score (nSPS) is 19.4. The van der Waals surface area contributed by atoms with E-state index in [1.165, 1.54) is 12.5 Å². The fourth-order valence-electron chi connectivity index (χ4n) is 3.82. The number of amides is 1.